The topological polar surface area (TPSA) is 75.6 Å². The van der Waals surface area contributed by atoms with Crippen LogP contribution in [-0.2, 0) is 16.0 Å². The molecule has 1 amide bonds. The summed E-state index contributed by atoms with van der Waals surface area (Å²) in [6.45, 7) is 2.44. The van der Waals surface area contributed by atoms with E-state index in [0.717, 1.165) is 11.1 Å². The molecule has 0 bridgehead atoms. The predicted molar refractivity (Wildman–Crippen MR) is 95.9 cm³/mol. The molecule has 2 N–H and O–H groups in total. The van der Waals surface area contributed by atoms with Crippen LogP contribution in [0, 0.1) is 0 Å². The van der Waals surface area contributed by atoms with Gasteiger partial charge in [0, 0.05) is 5.02 Å². The summed E-state index contributed by atoms with van der Waals surface area (Å²) >= 11 is 5.83. The highest BCUT2D eigenvalue weighted by molar-refractivity contribution is 6.30. The first-order valence-electron chi connectivity index (χ1n) is 7.96. The number of benzene rings is 2. The molecular weight excluding hydrogens is 342 g/mol. The van der Waals surface area contributed by atoms with E-state index in [9.17, 15) is 9.59 Å². The van der Waals surface area contributed by atoms with Gasteiger partial charge in [-0.25, -0.2) is 0 Å². The number of carbonyl (C=O) groups excluding carboxylic acids is 1. The summed E-state index contributed by atoms with van der Waals surface area (Å²) in [4.78, 5) is 23.4. The number of hydrogen-bond donors (Lipinski definition) is 2. The molecule has 6 heteroatoms. The smallest absolute Gasteiger partial charge is 0.305 e. The van der Waals surface area contributed by atoms with Gasteiger partial charge in [-0.15, -0.1) is 0 Å². The first-order chi connectivity index (χ1) is 12.0. The zero-order chi connectivity index (χ0) is 18.2. The number of ether oxygens (including phenoxy) is 1. The lowest BCUT2D eigenvalue weighted by Crippen LogP contribution is -2.31. The van der Waals surface area contributed by atoms with Crippen molar-refractivity contribution in [3.63, 3.8) is 0 Å². The van der Waals surface area contributed by atoms with Crippen molar-refractivity contribution in [3.05, 3.63) is 64.7 Å². The number of hydrogen-bond acceptors (Lipinski definition) is 3. The Labute approximate surface area is 151 Å². The van der Waals surface area contributed by atoms with Crippen LogP contribution >= 0.6 is 11.6 Å². The lowest BCUT2D eigenvalue weighted by Gasteiger charge is -2.18. The third kappa shape index (κ3) is 6.12. The fraction of sp³-hybridized carbons (Fsp3) is 0.263. The van der Waals surface area contributed by atoms with Gasteiger partial charge >= 0.3 is 5.97 Å². The van der Waals surface area contributed by atoms with Crippen LogP contribution < -0.4 is 10.1 Å². The van der Waals surface area contributed by atoms with Crippen molar-refractivity contribution in [1.29, 1.82) is 0 Å². The molecule has 0 spiro atoms. The van der Waals surface area contributed by atoms with Gasteiger partial charge in [-0.3, -0.25) is 9.59 Å². The van der Waals surface area contributed by atoms with Gasteiger partial charge in [0.1, 0.15) is 5.75 Å². The Bertz CT molecular complexity index is 713. The van der Waals surface area contributed by atoms with Gasteiger partial charge in [0.2, 0.25) is 5.91 Å². The average Bonchev–Trinajstić information content (AvgIpc) is 2.57. The third-order valence-electron chi connectivity index (χ3n) is 3.59. The van der Waals surface area contributed by atoms with Crippen LogP contribution in [0.4, 0.5) is 0 Å². The molecule has 0 aliphatic heterocycles. The highest BCUT2D eigenvalue weighted by atomic mass is 35.5. The number of halogens is 1. The van der Waals surface area contributed by atoms with Crippen LogP contribution in [0.5, 0.6) is 5.75 Å². The molecule has 25 heavy (non-hydrogen) atoms. The van der Waals surface area contributed by atoms with Gasteiger partial charge in [0.15, 0.2) is 0 Å². The molecule has 0 unspecified atom stereocenters. The van der Waals surface area contributed by atoms with Crippen LogP contribution in [0.2, 0.25) is 5.02 Å². The Kier molecular flexibility index (Phi) is 6.83. The zero-order valence-corrected chi connectivity index (χ0v) is 14.6. The normalized spacial score (nSPS) is 11.6. The van der Waals surface area contributed by atoms with Crippen molar-refractivity contribution in [2.24, 2.45) is 0 Å². The molecule has 0 fully saturated rings. The molecular formula is C19H20ClNO4. The highest BCUT2D eigenvalue weighted by Crippen LogP contribution is 2.21. The molecule has 0 saturated heterocycles. The molecule has 0 radical (unpaired) electrons. The fourth-order valence-corrected chi connectivity index (χ4v) is 2.55. The standard InChI is InChI=1S/C19H20ClNO4/c1-2-25-16-9-5-14(6-10-16)17(12-19(23)24)21-18(22)11-13-3-7-15(20)8-4-13/h3-10,17H,2,11-12H2,1H3,(H,21,22)(H,23,24)/t17-/m0/s1. The summed E-state index contributed by atoms with van der Waals surface area (Å²) < 4.78 is 5.38. The summed E-state index contributed by atoms with van der Waals surface area (Å²) in [6.07, 6.45) is -0.0370. The Morgan fingerprint density at radius 2 is 1.76 bits per heavy atom. The predicted octanol–water partition coefficient (Wildman–Crippen LogP) is 3.61. The molecule has 0 saturated carbocycles. The summed E-state index contributed by atoms with van der Waals surface area (Å²) in [7, 11) is 0. The van der Waals surface area contributed by atoms with E-state index in [0.29, 0.717) is 17.4 Å². The maximum Gasteiger partial charge on any atom is 0.305 e. The van der Waals surface area contributed by atoms with Crippen molar-refractivity contribution >= 4 is 23.5 Å². The van der Waals surface area contributed by atoms with E-state index in [1.807, 2.05) is 6.92 Å². The van der Waals surface area contributed by atoms with Gasteiger partial charge in [0.05, 0.1) is 25.5 Å². The van der Waals surface area contributed by atoms with E-state index in [2.05, 4.69) is 5.32 Å². The lowest BCUT2D eigenvalue weighted by molar-refractivity contribution is -0.137. The number of carboxylic acid groups (broad SMARTS) is 1. The second kappa shape index (κ2) is 9.08. The SMILES string of the molecule is CCOc1ccc([C@H](CC(=O)O)NC(=O)Cc2ccc(Cl)cc2)cc1. The molecule has 2 aromatic rings. The number of nitrogens with one attached hydrogen (secondary N) is 1. The Balaban J connectivity index is 2.07. The Morgan fingerprint density at radius 1 is 1.12 bits per heavy atom. The maximum absolute atomic E-state index is 12.3. The summed E-state index contributed by atoms with van der Waals surface area (Å²) in [6, 6.07) is 13.4. The van der Waals surface area contributed by atoms with Crippen LogP contribution in [0.25, 0.3) is 0 Å². The van der Waals surface area contributed by atoms with E-state index in [4.69, 9.17) is 21.4 Å². The maximum atomic E-state index is 12.3. The summed E-state index contributed by atoms with van der Waals surface area (Å²) in [5.74, 6) is -0.527. The number of rotatable bonds is 8. The fourth-order valence-electron chi connectivity index (χ4n) is 2.42. The van der Waals surface area contributed by atoms with Gasteiger partial charge in [-0.1, -0.05) is 35.9 Å². The first-order valence-corrected chi connectivity index (χ1v) is 8.34. The lowest BCUT2D eigenvalue weighted by atomic mass is 10.0. The largest absolute Gasteiger partial charge is 0.494 e. The average molecular weight is 362 g/mol. The van der Waals surface area contributed by atoms with Crippen LogP contribution in [0.3, 0.4) is 0 Å². The molecule has 0 aliphatic carbocycles. The number of carbonyl (C=O) groups is 2. The molecule has 0 heterocycles. The summed E-state index contributed by atoms with van der Waals surface area (Å²) in [5, 5.41) is 12.5. The Morgan fingerprint density at radius 3 is 2.32 bits per heavy atom. The van der Waals surface area contributed by atoms with E-state index in [-0.39, 0.29) is 18.7 Å². The van der Waals surface area contributed by atoms with E-state index < -0.39 is 12.0 Å². The monoisotopic (exact) mass is 361 g/mol. The quantitative estimate of drug-likeness (QED) is 0.753. The molecule has 0 aromatic heterocycles. The van der Waals surface area contributed by atoms with Gasteiger partial charge in [-0.05, 0) is 42.3 Å². The minimum Gasteiger partial charge on any atom is -0.494 e. The van der Waals surface area contributed by atoms with Crippen LogP contribution in [0.1, 0.15) is 30.5 Å². The van der Waals surface area contributed by atoms with E-state index >= 15 is 0 Å². The molecule has 5 nitrogen and oxygen atoms in total. The third-order valence-corrected chi connectivity index (χ3v) is 3.84. The van der Waals surface area contributed by atoms with Crippen molar-refractivity contribution in [2.75, 3.05) is 6.61 Å². The van der Waals surface area contributed by atoms with Crippen LogP contribution in [0.15, 0.2) is 48.5 Å². The number of carboxylic acids is 1. The van der Waals surface area contributed by atoms with Crippen molar-refractivity contribution in [3.8, 4) is 5.75 Å². The zero-order valence-electron chi connectivity index (χ0n) is 13.9. The molecule has 0 aliphatic rings. The van der Waals surface area contributed by atoms with Gasteiger partial charge in [0.25, 0.3) is 0 Å². The van der Waals surface area contributed by atoms with Crippen molar-refractivity contribution in [1.82, 2.24) is 5.32 Å². The van der Waals surface area contributed by atoms with Crippen molar-refractivity contribution in [2.45, 2.75) is 25.8 Å². The molecule has 2 aromatic carbocycles. The highest BCUT2D eigenvalue weighted by Gasteiger charge is 2.18. The molecule has 1 atom stereocenters. The van der Waals surface area contributed by atoms with Gasteiger partial charge in [-0.2, -0.15) is 0 Å². The van der Waals surface area contributed by atoms with Gasteiger partial charge < -0.3 is 15.2 Å². The van der Waals surface area contributed by atoms with E-state index in [1.165, 1.54) is 0 Å². The number of amides is 1. The van der Waals surface area contributed by atoms with Crippen molar-refractivity contribution < 1.29 is 19.4 Å². The Hall–Kier alpha value is -2.53. The first kappa shape index (κ1) is 18.8. The minimum absolute atomic E-state index is 0.157. The second-order valence-electron chi connectivity index (χ2n) is 5.52. The summed E-state index contributed by atoms with van der Waals surface area (Å²) in [5.41, 5.74) is 1.53. The molecule has 2 rings (SSSR count). The second-order valence-corrected chi connectivity index (χ2v) is 5.96. The minimum atomic E-state index is -0.981. The van der Waals surface area contributed by atoms with E-state index in [1.54, 1.807) is 48.5 Å². The molecule has 132 valence electrons. The van der Waals surface area contributed by atoms with Crippen LogP contribution in [-0.4, -0.2) is 23.6 Å². The number of aliphatic carboxylic acids is 1.